The minimum absolute atomic E-state index is 0.342. The topological polar surface area (TPSA) is 79.5 Å². The van der Waals surface area contributed by atoms with Crippen LogP contribution < -0.4 is 16.4 Å². The van der Waals surface area contributed by atoms with Gasteiger partial charge in [-0.15, -0.1) is 0 Å². The van der Waals surface area contributed by atoms with Crippen molar-refractivity contribution >= 4 is 6.08 Å². The molecule has 0 bridgehead atoms. The van der Waals surface area contributed by atoms with Crippen molar-refractivity contribution in [2.45, 2.75) is 24.9 Å². The maximum absolute atomic E-state index is 10.5. The summed E-state index contributed by atoms with van der Waals surface area (Å²) in [6.45, 7) is 4.99. The molecular weight excluding hydrogens is 228 g/mol. The first-order valence-corrected chi connectivity index (χ1v) is 6.30. The van der Waals surface area contributed by atoms with Crippen LogP contribution in [0.2, 0.25) is 0 Å². The highest BCUT2D eigenvalue weighted by Crippen LogP contribution is 2.21. The largest absolute Gasteiger partial charge is 0.329 e. The van der Waals surface area contributed by atoms with Gasteiger partial charge in [0.25, 0.3) is 0 Å². The molecule has 0 aromatic rings. The lowest BCUT2D eigenvalue weighted by atomic mass is 9.92. The number of carbonyl (C=O) groups excluding carboxylic acids is 1. The molecule has 100 valence electrons. The Hall–Kier alpha value is -1.26. The van der Waals surface area contributed by atoms with E-state index in [2.05, 4.69) is 22.5 Å². The highest BCUT2D eigenvalue weighted by Gasteiger charge is 2.26. The van der Waals surface area contributed by atoms with Gasteiger partial charge in [-0.1, -0.05) is 24.3 Å². The molecule has 5 nitrogen and oxygen atoms in total. The fourth-order valence-corrected chi connectivity index (χ4v) is 1.90. The average molecular weight is 250 g/mol. The molecule has 2 unspecified atom stereocenters. The third-order valence-corrected chi connectivity index (χ3v) is 2.91. The summed E-state index contributed by atoms with van der Waals surface area (Å²) in [5.41, 5.74) is 4.96. The Morgan fingerprint density at radius 2 is 2.39 bits per heavy atom. The Labute approximate surface area is 108 Å². The van der Waals surface area contributed by atoms with Crippen molar-refractivity contribution in [3.05, 3.63) is 24.3 Å². The Kier molecular flexibility index (Phi) is 6.54. The molecule has 0 saturated heterocycles. The smallest absolute Gasteiger partial charge is 0.235 e. The predicted octanol–water partition coefficient (Wildman–Crippen LogP) is 0.104. The minimum Gasteiger partial charge on any atom is -0.329 e. The van der Waals surface area contributed by atoms with Gasteiger partial charge in [0.05, 0.1) is 0 Å². The van der Waals surface area contributed by atoms with E-state index in [0.717, 1.165) is 19.5 Å². The van der Waals surface area contributed by atoms with E-state index < -0.39 is 5.54 Å². The van der Waals surface area contributed by atoms with Crippen molar-refractivity contribution in [2.75, 3.05) is 26.2 Å². The van der Waals surface area contributed by atoms with E-state index >= 15 is 0 Å². The van der Waals surface area contributed by atoms with Gasteiger partial charge in [0.1, 0.15) is 5.54 Å². The number of aliphatic imine (C=N–C) groups is 1. The van der Waals surface area contributed by atoms with Crippen molar-refractivity contribution < 1.29 is 4.79 Å². The van der Waals surface area contributed by atoms with E-state index in [9.17, 15) is 4.79 Å². The van der Waals surface area contributed by atoms with Crippen LogP contribution in [0.15, 0.2) is 29.3 Å². The Bertz CT molecular complexity index is 347. The second-order valence-electron chi connectivity index (χ2n) is 4.57. The first kappa shape index (κ1) is 14.8. The monoisotopic (exact) mass is 250 g/mol. The molecule has 0 spiro atoms. The fourth-order valence-electron chi connectivity index (χ4n) is 1.90. The number of rotatable bonds is 8. The summed E-state index contributed by atoms with van der Waals surface area (Å²) < 4.78 is 0. The van der Waals surface area contributed by atoms with Crippen molar-refractivity contribution in [1.82, 2.24) is 10.6 Å². The van der Waals surface area contributed by atoms with Crippen LogP contribution in [0.3, 0.4) is 0 Å². The van der Waals surface area contributed by atoms with Crippen molar-refractivity contribution in [1.29, 1.82) is 0 Å². The molecule has 1 rings (SSSR count). The Balaban J connectivity index is 2.37. The van der Waals surface area contributed by atoms with E-state index in [1.165, 1.54) is 0 Å². The van der Waals surface area contributed by atoms with Gasteiger partial charge in [-0.2, -0.15) is 4.99 Å². The number of nitrogens with zero attached hydrogens (tertiary/aromatic N) is 1. The van der Waals surface area contributed by atoms with Gasteiger partial charge in [-0.25, -0.2) is 4.79 Å². The first-order valence-electron chi connectivity index (χ1n) is 6.30. The maximum atomic E-state index is 10.5. The van der Waals surface area contributed by atoms with Gasteiger partial charge < -0.3 is 16.4 Å². The van der Waals surface area contributed by atoms with Crippen LogP contribution in [0.25, 0.3) is 0 Å². The second kappa shape index (κ2) is 7.95. The Morgan fingerprint density at radius 3 is 3.00 bits per heavy atom. The van der Waals surface area contributed by atoms with Crippen LogP contribution in [0.5, 0.6) is 0 Å². The Morgan fingerprint density at radius 1 is 1.56 bits per heavy atom. The predicted molar refractivity (Wildman–Crippen MR) is 73.1 cm³/mol. The summed E-state index contributed by atoms with van der Waals surface area (Å²) in [6, 6.07) is 0.342. The average Bonchev–Trinajstić information content (AvgIpc) is 2.38. The zero-order chi connectivity index (χ0) is 13.3. The third-order valence-electron chi connectivity index (χ3n) is 2.91. The molecule has 0 amide bonds. The van der Waals surface area contributed by atoms with E-state index in [1.807, 2.05) is 24.3 Å². The SMILES string of the molecule is CC(CNCC1(N=C=O)C=CC=CC1)NCCN. The van der Waals surface area contributed by atoms with Crippen molar-refractivity contribution in [3.8, 4) is 0 Å². The lowest BCUT2D eigenvalue weighted by Crippen LogP contribution is -2.44. The zero-order valence-corrected chi connectivity index (χ0v) is 10.9. The molecule has 1 aliphatic rings. The lowest BCUT2D eigenvalue weighted by Gasteiger charge is -2.26. The molecule has 1 aliphatic carbocycles. The molecule has 0 radical (unpaired) electrons. The molecule has 0 aromatic carbocycles. The summed E-state index contributed by atoms with van der Waals surface area (Å²) in [4.78, 5) is 14.4. The van der Waals surface area contributed by atoms with Crippen LogP contribution >= 0.6 is 0 Å². The molecule has 0 saturated carbocycles. The zero-order valence-electron chi connectivity index (χ0n) is 10.9. The lowest BCUT2D eigenvalue weighted by molar-refractivity contribution is 0.440. The van der Waals surface area contributed by atoms with E-state index in [0.29, 0.717) is 19.1 Å². The molecular formula is C13H22N4O. The summed E-state index contributed by atoms with van der Waals surface area (Å²) in [5, 5.41) is 6.62. The highest BCUT2D eigenvalue weighted by molar-refractivity contribution is 5.38. The molecule has 0 heterocycles. The van der Waals surface area contributed by atoms with Gasteiger partial charge in [0.2, 0.25) is 6.08 Å². The van der Waals surface area contributed by atoms with Crippen LogP contribution in [0, 0.1) is 0 Å². The number of hydrogen-bond donors (Lipinski definition) is 3. The molecule has 18 heavy (non-hydrogen) atoms. The van der Waals surface area contributed by atoms with Gasteiger partial charge in [-0.05, 0) is 13.3 Å². The fraction of sp³-hybridized carbons (Fsp3) is 0.615. The standard InChI is InChI=1S/C13H22N4O/c1-12(16-8-7-14)9-15-10-13(17-11-18)5-3-2-4-6-13/h2-5,12,15-16H,6-10,14H2,1H3. The summed E-state index contributed by atoms with van der Waals surface area (Å²) in [6.07, 6.45) is 10.2. The van der Waals surface area contributed by atoms with Crippen molar-refractivity contribution in [3.63, 3.8) is 0 Å². The minimum atomic E-state index is -0.468. The van der Waals surface area contributed by atoms with Crippen LogP contribution in [-0.4, -0.2) is 43.8 Å². The summed E-state index contributed by atoms with van der Waals surface area (Å²) >= 11 is 0. The van der Waals surface area contributed by atoms with E-state index in [4.69, 9.17) is 5.73 Å². The highest BCUT2D eigenvalue weighted by atomic mass is 16.1. The van der Waals surface area contributed by atoms with E-state index in [1.54, 1.807) is 6.08 Å². The van der Waals surface area contributed by atoms with Crippen LogP contribution in [0.1, 0.15) is 13.3 Å². The van der Waals surface area contributed by atoms with Crippen LogP contribution in [0.4, 0.5) is 0 Å². The molecule has 0 aromatic heterocycles. The normalized spacial score (nSPS) is 23.7. The second-order valence-corrected chi connectivity index (χ2v) is 4.57. The van der Waals surface area contributed by atoms with Gasteiger partial charge in [0.15, 0.2) is 0 Å². The summed E-state index contributed by atoms with van der Waals surface area (Å²) in [5.74, 6) is 0. The van der Waals surface area contributed by atoms with Crippen LogP contribution in [-0.2, 0) is 4.79 Å². The number of allylic oxidation sites excluding steroid dienone is 2. The molecule has 0 aliphatic heterocycles. The molecule has 4 N–H and O–H groups in total. The molecule has 5 heteroatoms. The van der Waals surface area contributed by atoms with E-state index in [-0.39, 0.29) is 0 Å². The quantitative estimate of drug-likeness (QED) is 0.422. The van der Waals surface area contributed by atoms with Gasteiger partial charge in [-0.3, -0.25) is 0 Å². The number of nitrogens with two attached hydrogens (primary N) is 1. The number of isocyanates is 1. The first-order chi connectivity index (χ1) is 8.72. The third kappa shape index (κ3) is 4.94. The van der Waals surface area contributed by atoms with Gasteiger partial charge in [0, 0.05) is 32.2 Å². The summed E-state index contributed by atoms with van der Waals surface area (Å²) in [7, 11) is 0. The van der Waals surface area contributed by atoms with Crippen molar-refractivity contribution in [2.24, 2.45) is 10.7 Å². The molecule has 0 fully saturated rings. The van der Waals surface area contributed by atoms with Gasteiger partial charge >= 0.3 is 0 Å². The maximum Gasteiger partial charge on any atom is 0.235 e. The number of hydrogen-bond acceptors (Lipinski definition) is 5. The molecule has 2 atom stereocenters. The number of nitrogens with one attached hydrogen (secondary N) is 2.